The van der Waals surface area contributed by atoms with Crippen LogP contribution in [0.5, 0.6) is 5.75 Å². The molecule has 1 unspecified atom stereocenters. The molecule has 1 saturated heterocycles. The van der Waals surface area contributed by atoms with Gasteiger partial charge in [0.05, 0.1) is 6.54 Å². The molecule has 0 N–H and O–H groups in total. The van der Waals surface area contributed by atoms with Gasteiger partial charge in [-0.05, 0) is 30.3 Å². The van der Waals surface area contributed by atoms with Crippen LogP contribution >= 0.6 is 15.9 Å². The number of para-hydroxylation sites is 1. The Bertz CT molecular complexity index is 680. The van der Waals surface area contributed by atoms with E-state index in [0.29, 0.717) is 11.0 Å². The van der Waals surface area contributed by atoms with E-state index in [-0.39, 0.29) is 12.4 Å². The highest BCUT2D eigenvalue weighted by Gasteiger charge is 2.32. The second-order valence-electron chi connectivity index (χ2n) is 4.84. The van der Waals surface area contributed by atoms with Crippen molar-refractivity contribution in [1.29, 1.82) is 0 Å². The smallest absolute Gasteiger partial charge is 0.414 e. The van der Waals surface area contributed by atoms with Gasteiger partial charge in [0, 0.05) is 10.2 Å². The number of anilines is 1. The van der Waals surface area contributed by atoms with Gasteiger partial charge in [-0.15, -0.1) is 0 Å². The van der Waals surface area contributed by atoms with Crippen molar-refractivity contribution < 1.29 is 18.7 Å². The van der Waals surface area contributed by atoms with Crippen molar-refractivity contribution in [3.05, 3.63) is 58.8 Å². The molecule has 2 aromatic carbocycles. The molecule has 1 atom stereocenters. The maximum absolute atomic E-state index is 13.7. The summed E-state index contributed by atoms with van der Waals surface area (Å²) in [4.78, 5) is 13.4. The minimum atomic E-state index is -0.460. The number of hydrogen-bond acceptors (Lipinski definition) is 3. The summed E-state index contributed by atoms with van der Waals surface area (Å²) in [6.45, 7) is 0.481. The lowest BCUT2D eigenvalue weighted by atomic mass is 10.3. The number of ether oxygens (including phenoxy) is 2. The van der Waals surface area contributed by atoms with Gasteiger partial charge in [0.1, 0.15) is 6.61 Å². The van der Waals surface area contributed by atoms with Gasteiger partial charge in [-0.1, -0.05) is 34.1 Å². The molecular weight excluding hydrogens is 353 g/mol. The molecule has 0 bridgehead atoms. The fourth-order valence-electron chi connectivity index (χ4n) is 2.20. The number of halogens is 2. The first-order valence-electron chi connectivity index (χ1n) is 6.74. The first kappa shape index (κ1) is 14.8. The van der Waals surface area contributed by atoms with Crippen LogP contribution < -0.4 is 9.64 Å². The minimum absolute atomic E-state index is 0.105. The number of hydrogen-bond donors (Lipinski definition) is 0. The van der Waals surface area contributed by atoms with Crippen LogP contribution in [0.1, 0.15) is 0 Å². The van der Waals surface area contributed by atoms with Crippen molar-refractivity contribution in [2.45, 2.75) is 6.10 Å². The first-order chi connectivity index (χ1) is 10.6. The average molecular weight is 366 g/mol. The van der Waals surface area contributed by atoms with Crippen molar-refractivity contribution in [3.8, 4) is 5.75 Å². The molecule has 0 radical (unpaired) electrons. The standard InChI is InChI=1S/C16H13BrFNO3/c17-11-6-7-15(14(18)8-11)21-10-13-9-19(16(20)22-13)12-4-2-1-3-5-12/h1-8,13H,9-10H2. The predicted molar refractivity (Wildman–Crippen MR) is 83.7 cm³/mol. The van der Waals surface area contributed by atoms with Gasteiger partial charge in [0.2, 0.25) is 0 Å². The van der Waals surface area contributed by atoms with Crippen molar-refractivity contribution in [1.82, 2.24) is 0 Å². The summed E-state index contributed by atoms with van der Waals surface area (Å²) >= 11 is 3.18. The molecule has 1 amide bonds. The van der Waals surface area contributed by atoms with Gasteiger partial charge in [0.15, 0.2) is 17.7 Å². The van der Waals surface area contributed by atoms with E-state index in [2.05, 4.69) is 15.9 Å². The average Bonchev–Trinajstić information content (AvgIpc) is 2.88. The van der Waals surface area contributed by atoms with Crippen LogP contribution in [0.4, 0.5) is 14.9 Å². The van der Waals surface area contributed by atoms with Crippen LogP contribution in [-0.4, -0.2) is 25.3 Å². The van der Waals surface area contributed by atoms with E-state index in [4.69, 9.17) is 9.47 Å². The van der Waals surface area contributed by atoms with E-state index in [9.17, 15) is 9.18 Å². The number of carbonyl (C=O) groups excluding carboxylic acids is 1. The molecule has 0 spiro atoms. The van der Waals surface area contributed by atoms with Gasteiger partial charge in [-0.25, -0.2) is 9.18 Å². The summed E-state index contributed by atoms with van der Waals surface area (Å²) in [5, 5.41) is 0. The molecule has 0 aliphatic carbocycles. The highest BCUT2D eigenvalue weighted by molar-refractivity contribution is 9.10. The van der Waals surface area contributed by atoms with Crippen LogP contribution in [0.15, 0.2) is 53.0 Å². The third-order valence-corrected chi connectivity index (χ3v) is 3.75. The summed E-state index contributed by atoms with van der Waals surface area (Å²) in [6.07, 6.45) is -0.855. The molecule has 114 valence electrons. The third-order valence-electron chi connectivity index (χ3n) is 3.26. The molecule has 22 heavy (non-hydrogen) atoms. The van der Waals surface area contributed by atoms with Crippen LogP contribution in [-0.2, 0) is 4.74 Å². The van der Waals surface area contributed by atoms with Crippen molar-refractivity contribution >= 4 is 27.7 Å². The van der Waals surface area contributed by atoms with E-state index >= 15 is 0 Å². The second-order valence-corrected chi connectivity index (χ2v) is 5.75. The molecule has 4 nitrogen and oxygen atoms in total. The lowest BCUT2D eigenvalue weighted by molar-refractivity contribution is 0.103. The summed E-state index contributed by atoms with van der Waals surface area (Å²) in [5.74, 6) is -0.323. The molecular formula is C16H13BrFNO3. The normalized spacial score (nSPS) is 17.5. The van der Waals surface area contributed by atoms with Crippen molar-refractivity contribution in [2.24, 2.45) is 0 Å². The molecule has 1 heterocycles. The van der Waals surface area contributed by atoms with Gasteiger partial charge in [0.25, 0.3) is 0 Å². The Kier molecular flexibility index (Phi) is 4.29. The lowest BCUT2D eigenvalue weighted by Gasteiger charge is -2.13. The third kappa shape index (κ3) is 3.22. The molecule has 3 rings (SSSR count). The number of amides is 1. The van der Waals surface area contributed by atoms with E-state index in [0.717, 1.165) is 5.69 Å². The Morgan fingerprint density at radius 2 is 2.05 bits per heavy atom. The Balaban J connectivity index is 1.62. The van der Waals surface area contributed by atoms with Crippen molar-refractivity contribution in [2.75, 3.05) is 18.1 Å². The number of nitrogens with zero attached hydrogens (tertiary/aromatic N) is 1. The number of rotatable bonds is 4. The summed E-state index contributed by atoms with van der Waals surface area (Å²) < 4.78 is 25.0. The van der Waals surface area contributed by atoms with E-state index in [1.165, 1.54) is 17.0 Å². The van der Waals surface area contributed by atoms with Crippen LogP contribution in [0, 0.1) is 5.82 Å². The Morgan fingerprint density at radius 3 is 2.77 bits per heavy atom. The summed E-state index contributed by atoms with van der Waals surface area (Å²) in [5.41, 5.74) is 0.768. The molecule has 0 aromatic heterocycles. The topological polar surface area (TPSA) is 38.8 Å². The molecule has 1 fully saturated rings. The van der Waals surface area contributed by atoms with Crippen molar-refractivity contribution in [3.63, 3.8) is 0 Å². The molecule has 1 aliphatic rings. The minimum Gasteiger partial charge on any atom is -0.487 e. The zero-order valence-electron chi connectivity index (χ0n) is 11.5. The zero-order valence-corrected chi connectivity index (χ0v) is 13.1. The maximum atomic E-state index is 13.7. The fourth-order valence-corrected chi connectivity index (χ4v) is 2.54. The highest BCUT2D eigenvalue weighted by Crippen LogP contribution is 2.24. The molecule has 2 aromatic rings. The van der Waals surface area contributed by atoms with Gasteiger partial charge in [-0.2, -0.15) is 0 Å². The quantitative estimate of drug-likeness (QED) is 0.821. The monoisotopic (exact) mass is 365 g/mol. The molecule has 1 aliphatic heterocycles. The SMILES string of the molecule is O=C1OC(COc2ccc(Br)cc2F)CN1c1ccccc1. The molecule has 6 heteroatoms. The largest absolute Gasteiger partial charge is 0.487 e. The number of benzene rings is 2. The zero-order chi connectivity index (χ0) is 15.5. The van der Waals surface area contributed by atoms with Crippen LogP contribution in [0.3, 0.4) is 0 Å². The fraction of sp³-hybridized carbons (Fsp3) is 0.188. The maximum Gasteiger partial charge on any atom is 0.414 e. The number of cyclic esters (lactones) is 1. The number of carbonyl (C=O) groups is 1. The molecule has 0 saturated carbocycles. The highest BCUT2D eigenvalue weighted by atomic mass is 79.9. The second kappa shape index (κ2) is 6.36. The summed E-state index contributed by atoms with van der Waals surface area (Å²) in [6, 6.07) is 13.8. The van der Waals surface area contributed by atoms with E-state index in [1.54, 1.807) is 6.07 Å². The Labute approximate surface area is 135 Å². The van der Waals surface area contributed by atoms with Gasteiger partial charge < -0.3 is 9.47 Å². The Hall–Kier alpha value is -2.08. The first-order valence-corrected chi connectivity index (χ1v) is 7.54. The Morgan fingerprint density at radius 1 is 1.27 bits per heavy atom. The van der Waals surface area contributed by atoms with Gasteiger partial charge >= 0.3 is 6.09 Å². The van der Waals surface area contributed by atoms with Crippen LogP contribution in [0.25, 0.3) is 0 Å². The van der Waals surface area contributed by atoms with Gasteiger partial charge in [-0.3, -0.25) is 4.90 Å². The lowest BCUT2D eigenvalue weighted by Crippen LogP contribution is -2.26. The predicted octanol–water partition coefficient (Wildman–Crippen LogP) is 3.99. The van der Waals surface area contributed by atoms with Crippen LogP contribution in [0.2, 0.25) is 0 Å². The van der Waals surface area contributed by atoms with E-state index < -0.39 is 18.0 Å². The summed E-state index contributed by atoms with van der Waals surface area (Å²) in [7, 11) is 0. The van der Waals surface area contributed by atoms with E-state index in [1.807, 2.05) is 30.3 Å².